The van der Waals surface area contributed by atoms with Gasteiger partial charge in [-0.05, 0) is 29.4 Å². The Labute approximate surface area is 126 Å². The van der Waals surface area contributed by atoms with Crippen LogP contribution in [0.4, 0.5) is 0 Å². The smallest absolute Gasteiger partial charge is 0.0405 e. The molecule has 1 aliphatic carbocycles. The number of rotatable bonds is 3. The highest BCUT2D eigenvalue weighted by Crippen LogP contribution is 2.50. The fourth-order valence-electron chi connectivity index (χ4n) is 5.05. The first-order valence-electron chi connectivity index (χ1n) is 8.88. The Morgan fingerprint density at radius 2 is 1.45 bits per heavy atom. The zero-order chi connectivity index (χ0) is 13.8. The van der Waals surface area contributed by atoms with Crippen molar-refractivity contribution in [3.63, 3.8) is 0 Å². The molecule has 0 nitrogen and oxygen atoms in total. The van der Waals surface area contributed by atoms with Gasteiger partial charge in [-0.25, -0.2) is 0 Å². The Bertz CT molecular complexity index is 399. The lowest BCUT2D eigenvalue weighted by Crippen LogP contribution is -2.40. The molecule has 1 atom stereocenters. The van der Waals surface area contributed by atoms with Gasteiger partial charge in [0, 0.05) is 8.80 Å². The zero-order valence-electron chi connectivity index (χ0n) is 13.1. The van der Waals surface area contributed by atoms with Crippen LogP contribution in [-0.2, 0) is 5.41 Å². The SMILES string of the molecule is CC([SiH]1CCCCC1)C1(c2ccccc2)CCCCC1. The van der Waals surface area contributed by atoms with Crippen molar-refractivity contribution in [2.75, 3.05) is 0 Å². The Kier molecular flexibility index (Phi) is 4.65. The van der Waals surface area contributed by atoms with E-state index in [1.165, 1.54) is 51.4 Å². The van der Waals surface area contributed by atoms with E-state index in [4.69, 9.17) is 0 Å². The van der Waals surface area contributed by atoms with Crippen molar-refractivity contribution in [1.82, 2.24) is 0 Å². The summed E-state index contributed by atoms with van der Waals surface area (Å²) in [5, 5.41) is 0. The standard InChI is InChI=1S/C19H30Si/c1-17(20-15-9-4-10-16-20)19(13-7-3-8-14-19)18-11-5-2-6-12-18/h2,5-6,11-12,17,20H,3-4,7-10,13-16H2,1H3. The van der Waals surface area contributed by atoms with Gasteiger partial charge in [-0.15, -0.1) is 0 Å². The molecule has 1 unspecified atom stereocenters. The minimum atomic E-state index is -0.530. The summed E-state index contributed by atoms with van der Waals surface area (Å²) in [7, 11) is -0.530. The fraction of sp³-hybridized carbons (Fsp3) is 0.684. The first-order valence-corrected chi connectivity index (χ1v) is 11.2. The number of benzene rings is 1. The van der Waals surface area contributed by atoms with Gasteiger partial charge in [0.05, 0.1) is 0 Å². The van der Waals surface area contributed by atoms with Crippen LogP contribution in [0.3, 0.4) is 0 Å². The Morgan fingerprint density at radius 1 is 0.850 bits per heavy atom. The Morgan fingerprint density at radius 3 is 2.10 bits per heavy atom. The number of hydrogen-bond acceptors (Lipinski definition) is 0. The highest BCUT2D eigenvalue weighted by atomic mass is 28.3. The lowest BCUT2D eigenvalue weighted by Gasteiger charge is -2.46. The molecule has 2 aliphatic rings. The molecule has 1 aromatic rings. The quantitative estimate of drug-likeness (QED) is 0.626. The maximum atomic E-state index is 2.64. The van der Waals surface area contributed by atoms with Crippen molar-refractivity contribution >= 4 is 8.80 Å². The molecule has 1 heterocycles. The van der Waals surface area contributed by atoms with E-state index >= 15 is 0 Å². The van der Waals surface area contributed by atoms with Gasteiger partial charge in [0.15, 0.2) is 0 Å². The predicted molar refractivity (Wildman–Crippen MR) is 91.2 cm³/mol. The van der Waals surface area contributed by atoms with Gasteiger partial charge in [-0.2, -0.15) is 0 Å². The summed E-state index contributed by atoms with van der Waals surface area (Å²) < 4.78 is 0. The molecule has 3 rings (SSSR count). The fourth-order valence-corrected chi connectivity index (χ4v) is 9.39. The van der Waals surface area contributed by atoms with Crippen molar-refractivity contribution < 1.29 is 0 Å². The molecule has 0 spiro atoms. The minimum absolute atomic E-state index is 0.530. The van der Waals surface area contributed by atoms with Crippen LogP contribution in [-0.4, -0.2) is 8.80 Å². The second kappa shape index (κ2) is 6.47. The maximum absolute atomic E-state index is 2.64. The molecule has 1 aliphatic heterocycles. The molecule has 0 N–H and O–H groups in total. The van der Waals surface area contributed by atoms with Crippen LogP contribution >= 0.6 is 0 Å². The average Bonchev–Trinajstić information content (AvgIpc) is 2.56. The summed E-state index contributed by atoms with van der Waals surface area (Å²) in [4.78, 5) is 0. The summed E-state index contributed by atoms with van der Waals surface area (Å²) in [6.07, 6.45) is 11.9. The lowest BCUT2D eigenvalue weighted by atomic mass is 9.67. The zero-order valence-corrected chi connectivity index (χ0v) is 14.3. The van der Waals surface area contributed by atoms with Crippen molar-refractivity contribution in [1.29, 1.82) is 0 Å². The van der Waals surface area contributed by atoms with Gasteiger partial charge in [0.25, 0.3) is 0 Å². The van der Waals surface area contributed by atoms with E-state index in [2.05, 4.69) is 37.3 Å². The van der Waals surface area contributed by atoms with Gasteiger partial charge in [0.1, 0.15) is 0 Å². The van der Waals surface area contributed by atoms with Crippen LogP contribution < -0.4 is 0 Å². The molecule has 0 radical (unpaired) electrons. The van der Waals surface area contributed by atoms with Gasteiger partial charge in [-0.1, -0.05) is 87.9 Å². The predicted octanol–water partition coefficient (Wildman–Crippen LogP) is 5.69. The largest absolute Gasteiger partial charge is 0.0643 e. The second-order valence-corrected chi connectivity index (χ2v) is 10.9. The lowest BCUT2D eigenvalue weighted by molar-refractivity contribution is 0.279. The number of hydrogen-bond donors (Lipinski definition) is 0. The van der Waals surface area contributed by atoms with E-state index in [1.807, 2.05) is 0 Å². The van der Waals surface area contributed by atoms with Crippen molar-refractivity contribution in [3.8, 4) is 0 Å². The minimum Gasteiger partial charge on any atom is -0.0643 e. The molecular formula is C19H30Si. The third-order valence-corrected chi connectivity index (χ3v) is 10.7. The Balaban J connectivity index is 1.88. The van der Waals surface area contributed by atoms with E-state index < -0.39 is 8.80 Å². The molecule has 110 valence electrons. The molecule has 1 aromatic carbocycles. The third kappa shape index (κ3) is 2.74. The van der Waals surface area contributed by atoms with Crippen LogP contribution in [0.1, 0.15) is 63.9 Å². The van der Waals surface area contributed by atoms with Crippen LogP contribution in [0.5, 0.6) is 0 Å². The second-order valence-electron chi connectivity index (χ2n) is 7.27. The molecular weight excluding hydrogens is 256 g/mol. The molecule has 0 aromatic heterocycles. The first kappa shape index (κ1) is 14.4. The van der Waals surface area contributed by atoms with E-state index in [0.29, 0.717) is 5.41 Å². The van der Waals surface area contributed by atoms with Crippen molar-refractivity contribution in [2.24, 2.45) is 0 Å². The Hall–Kier alpha value is -0.563. The van der Waals surface area contributed by atoms with E-state index in [1.54, 1.807) is 17.7 Å². The summed E-state index contributed by atoms with van der Waals surface area (Å²) in [5.41, 5.74) is 3.23. The van der Waals surface area contributed by atoms with Crippen LogP contribution in [0, 0.1) is 0 Å². The molecule has 0 amide bonds. The van der Waals surface area contributed by atoms with Crippen LogP contribution in [0.15, 0.2) is 30.3 Å². The van der Waals surface area contributed by atoms with Crippen molar-refractivity contribution in [2.45, 2.75) is 81.3 Å². The molecule has 20 heavy (non-hydrogen) atoms. The van der Waals surface area contributed by atoms with Crippen molar-refractivity contribution in [3.05, 3.63) is 35.9 Å². The van der Waals surface area contributed by atoms with Gasteiger partial charge in [0.2, 0.25) is 0 Å². The average molecular weight is 287 g/mol. The molecule has 1 heteroatoms. The normalized spacial score (nSPS) is 25.2. The van der Waals surface area contributed by atoms with Crippen LogP contribution in [0.2, 0.25) is 17.6 Å². The highest BCUT2D eigenvalue weighted by Gasteiger charge is 2.42. The molecule has 2 fully saturated rings. The summed E-state index contributed by atoms with van der Waals surface area (Å²) in [6, 6.07) is 14.8. The van der Waals surface area contributed by atoms with Crippen LogP contribution in [0.25, 0.3) is 0 Å². The topological polar surface area (TPSA) is 0 Å². The molecule has 1 saturated heterocycles. The van der Waals surface area contributed by atoms with Gasteiger partial charge < -0.3 is 0 Å². The molecule has 0 bridgehead atoms. The maximum Gasteiger partial charge on any atom is 0.0405 e. The van der Waals surface area contributed by atoms with E-state index in [0.717, 1.165) is 5.54 Å². The van der Waals surface area contributed by atoms with E-state index in [-0.39, 0.29) is 0 Å². The van der Waals surface area contributed by atoms with Gasteiger partial charge >= 0.3 is 0 Å². The summed E-state index contributed by atoms with van der Waals surface area (Å²) >= 11 is 0. The summed E-state index contributed by atoms with van der Waals surface area (Å²) in [5.74, 6) is 0. The van der Waals surface area contributed by atoms with Gasteiger partial charge in [-0.3, -0.25) is 0 Å². The van der Waals surface area contributed by atoms with E-state index in [9.17, 15) is 0 Å². The third-order valence-electron chi connectivity index (χ3n) is 6.32. The molecule has 1 saturated carbocycles. The highest BCUT2D eigenvalue weighted by molar-refractivity contribution is 6.61. The monoisotopic (exact) mass is 286 g/mol. The first-order chi connectivity index (χ1) is 9.83. The summed E-state index contributed by atoms with van der Waals surface area (Å²) in [6.45, 7) is 2.64.